The number of nitrogens with one attached hydrogen (secondary N) is 2. The molecule has 1 aromatic rings. The molecular formula is C12H14BrClN2O2. The Morgan fingerprint density at radius 1 is 1.56 bits per heavy atom. The fraction of sp³-hybridized carbons (Fsp3) is 0.417. The summed E-state index contributed by atoms with van der Waals surface area (Å²) in [7, 11) is 1.64. The van der Waals surface area contributed by atoms with E-state index in [4.69, 9.17) is 16.3 Å². The van der Waals surface area contributed by atoms with Crippen molar-refractivity contribution >= 4 is 33.4 Å². The third-order valence-electron chi connectivity index (χ3n) is 2.95. The minimum absolute atomic E-state index is 0.00640. The molecule has 98 valence electrons. The van der Waals surface area contributed by atoms with E-state index in [-0.39, 0.29) is 18.1 Å². The normalized spacial score (nSPS) is 23.1. The van der Waals surface area contributed by atoms with Gasteiger partial charge in [0.15, 0.2) is 0 Å². The molecular weight excluding hydrogens is 320 g/mol. The zero-order valence-corrected chi connectivity index (χ0v) is 12.2. The molecule has 2 unspecified atom stereocenters. The van der Waals surface area contributed by atoms with Crippen molar-refractivity contribution in [1.82, 2.24) is 10.6 Å². The van der Waals surface area contributed by atoms with E-state index in [1.807, 2.05) is 0 Å². The van der Waals surface area contributed by atoms with Gasteiger partial charge in [-0.1, -0.05) is 11.6 Å². The average Bonchev–Trinajstić information content (AvgIpc) is 2.79. The Bertz CT molecular complexity index is 456. The van der Waals surface area contributed by atoms with E-state index in [0.29, 0.717) is 17.1 Å². The van der Waals surface area contributed by atoms with Gasteiger partial charge in [0.05, 0.1) is 17.7 Å². The van der Waals surface area contributed by atoms with E-state index in [0.717, 1.165) is 11.0 Å². The molecule has 0 aromatic heterocycles. The first-order valence-electron chi connectivity index (χ1n) is 5.61. The number of carbonyl (C=O) groups excluding carboxylic acids is 1. The summed E-state index contributed by atoms with van der Waals surface area (Å²) in [6, 6.07) is 5.12. The molecule has 1 amide bonds. The lowest BCUT2D eigenvalue weighted by Crippen LogP contribution is -2.43. The van der Waals surface area contributed by atoms with Crippen LogP contribution in [-0.2, 0) is 4.74 Å². The SMILES string of the molecule is COC1CNCC1NC(=O)c1cc(Cl)ccc1Br. The van der Waals surface area contributed by atoms with Crippen LogP contribution in [0, 0.1) is 0 Å². The second kappa shape index (κ2) is 6.02. The fourth-order valence-corrected chi connectivity index (χ4v) is 2.56. The Balaban J connectivity index is 2.09. The first-order valence-corrected chi connectivity index (χ1v) is 6.78. The number of amides is 1. The standard InChI is InChI=1S/C12H14BrClN2O2/c1-18-11-6-15-5-10(11)16-12(17)8-4-7(14)2-3-9(8)13/h2-4,10-11,15H,5-6H2,1H3,(H,16,17). The second-order valence-corrected chi connectivity index (χ2v) is 5.43. The number of ether oxygens (including phenoxy) is 1. The third kappa shape index (κ3) is 3.03. The van der Waals surface area contributed by atoms with Crippen LogP contribution in [-0.4, -0.2) is 38.3 Å². The maximum Gasteiger partial charge on any atom is 0.252 e. The van der Waals surface area contributed by atoms with Crippen LogP contribution in [0.25, 0.3) is 0 Å². The van der Waals surface area contributed by atoms with E-state index in [9.17, 15) is 4.79 Å². The van der Waals surface area contributed by atoms with E-state index in [1.54, 1.807) is 25.3 Å². The Morgan fingerprint density at radius 2 is 2.33 bits per heavy atom. The summed E-state index contributed by atoms with van der Waals surface area (Å²) < 4.78 is 6.03. The van der Waals surface area contributed by atoms with Crippen LogP contribution in [0.1, 0.15) is 10.4 Å². The van der Waals surface area contributed by atoms with Crippen molar-refractivity contribution in [2.24, 2.45) is 0 Å². The summed E-state index contributed by atoms with van der Waals surface area (Å²) >= 11 is 9.24. The molecule has 6 heteroatoms. The molecule has 1 aliphatic heterocycles. The van der Waals surface area contributed by atoms with Crippen molar-refractivity contribution in [2.75, 3.05) is 20.2 Å². The molecule has 0 radical (unpaired) electrons. The molecule has 0 bridgehead atoms. The van der Waals surface area contributed by atoms with Crippen molar-refractivity contribution in [3.8, 4) is 0 Å². The number of rotatable bonds is 3. The predicted octanol–water partition coefficient (Wildman–Crippen LogP) is 1.82. The lowest BCUT2D eigenvalue weighted by Gasteiger charge is -2.19. The highest BCUT2D eigenvalue weighted by molar-refractivity contribution is 9.10. The number of methoxy groups -OCH3 is 1. The monoisotopic (exact) mass is 332 g/mol. The number of carbonyl (C=O) groups is 1. The van der Waals surface area contributed by atoms with Crippen molar-refractivity contribution in [1.29, 1.82) is 0 Å². The highest BCUT2D eigenvalue weighted by Crippen LogP contribution is 2.21. The van der Waals surface area contributed by atoms with Gasteiger partial charge < -0.3 is 15.4 Å². The number of benzene rings is 1. The third-order valence-corrected chi connectivity index (χ3v) is 3.88. The average molecular weight is 334 g/mol. The number of hydrogen-bond donors (Lipinski definition) is 2. The quantitative estimate of drug-likeness (QED) is 0.887. The van der Waals surface area contributed by atoms with Gasteiger partial charge in [-0.15, -0.1) is 0 Å². The molecule has 0 saturated carbocycles. The minimum atomic E-state index is -0.153. The smallest absolute Gasteiger partial charge is 0.252 e. The van der Waals surface area contributed by atoms with E-state index in [2.05, 4.69) is 26.6 Å². The number of halogens is 2. The summed E-state index contributed by atoms with van der Waals surface area (Å²) in [5.74, 6) is -0.153. The van der Waals surface area contributed by atoms with E-state index in [1.165, 1.54) is 0 Å². The van der Waals surface area contributed by atoms with Crippen LogP contribution in [0.4, 0.5) is 0 Å². The molecule has 0 aliphatic carbocycles. The van der Waals surface area contributed by atoms with Crippen LogP contribution in [0.5, 0.6) is 0 Å². The van der Waals surface area contributed by atoms with Crippen LogP contribution in [0.3, 0.4) is 0 Å². The van der Waals surface area contributed by atoms with Crippen LogP contribution in [0.2, 0.25) is 5.02 Å². The Morgan fingerprint density at radius 3 is 3.06 bits per heavy atom. The molecule has 18 heavy (non-hydrogen) atoms. The predicted molar refractivity (Wildman–Crippen MR) is 74.1 cm³/mol. The minimum Gasteiger partial charge on any atom is -0.378 e. The molecule has 2 atom stereocenters. The summed E-state index contributed by atoms with van der Waals surface area (Å²) in [6.45, 7) is 1.46. The molecule has 1 aromatic carbocycles. The molecule has 1 saturated heterocycles. The Kier molecular flexibility index (Phi) is 4.61. The van der Waals surface area contributed by atoms with Gasteiger partial charge in [-0.05, 0) is 34.1 Å². The summed E-state index contributed by atoms with van der Waals surface area (Å²) in [5, 5.41) is 6.67. The van der Waals surface area contributed by atoms with E-state index >= 15 is 0 Å². The summed E-state index contributed by atoms with van der Waals surface area (Å²) in [5.41, 5.74) is 0.532. The maximum absolute atomic E-state index is 12.2. The first kappa shape index (κ1) is 13.8. The molecule has 4 nitrogen and oxygen atoms in total. The highest BCUT2D eigenvalue weighted by Gasteiger charge is 2.28. The number of hydrogen-bond acceptors (Lipinski definition) is 3. The summed E-state index contributed by atoms with van der Waals surface area (Å²) in [6.07, 6.45) is 0.00640. The van der Waals surface area contributed by atoms with Gasteiger partial charge in [-0.3, -0.25) is 4.79 Å². The molecule has 2 rings (SSSR count). The van der Waals surface area contributed by atoms with Gasteiger partial charge >= 0.3 is 0 Å². The Labute approximate surface area is 119 Å². The Hall–Kier alpha value is -0.620. The molecule has 0 spiro atoms. The van der Waals surface area contributed by atoms with Crippen molar-refractivity contribution < 1.29 is 9.53 Å². The molecule has 1 heterocycles. The largest absolute Gasteiger partial charge is 0.378 e. The van der Waals surface area contributed by atoms with Crippen molar-refractivity contribution in [2.45, 2.75) is 12.1 Å². The van der Waals surface area contributed by atoms with Gasteiger partial charge in [0.2, 0.25) is 0 Å². The van der Waals surface area contributed by atoms with Gasteiger partial charge in [0.25, 0.3) is 5.91 Å². The van der Waals surface area contributed by atoms with Crippen LogP contribution in [0.15, 0.2) is 22.7 Å². The van der Waals surface area contributed by atoms with Gasteiger partial charge in [-0.25, -0.2) is 0 Å². The maximum atomic E-state index is 12.2. The van der Waals surface area contributed by atoms with Gasteiger partial charge in [0.1, 0.15) is 0 Å². The first-order chi connectivity index (χ1) is 8.61. The van der Waals surface area contributed by atoms with Crippen LogP contribution < -0.4 is 10.6 Å². The topological polar surface area (TPSA) is 50.4 Å². The fourth-order valence-electron chi connectivity index (χ4n) is 1.96. The van der Waals surface area contributed by atoms with Crippen LogP contribution >= 0.6 is 27.5 Å². The molecule has 1 fully saturated rings. The second-order valence-electron chi connectivity index (χ2n) is 4.14. The van der Waals surface area contributed by atoms with Gasteiger partial charge in [-0.2, -0.15) is 0 Å². The summed E-state index contributed by atoms with van der Waals surface area (Å²) in [4.78, 5) is 12.2. The van der Waals surface area contributed by atoms with E-state index < -0.39 is 0 Å². The van der Waals surface area contributed by atoms with Crippen molar-refractivity contribution in [3.63, 3.8) is 0 Å². The van der Waals surface area contributed by atoms with Gasteiger partial charge in [0, 0.05) is 29.7 Å². The molecule has 2 N–H and O–H groups in total. The lowest BCUT2D eigenvalue weighted by atomic mass is 10.1. The molecule has 1 aliphatic rings. The van der Waals surface area contributed by atoms with Crippen molar-refractivity contribution in [3.05, 3.63) is 33.3 Å². The lowest BCUT2D eigenvalue weighted by molar-refractivity contribution is 0.0779. The zero-order valence-electron chi connectivity index (χ0n) is 9.87. The zero-order chi connectivity index (χ0) is 13.1. The highest BCUT2D eigenvalue weighted by atomic mass is 79.9.